The van der Waals surface area contributed by atoms with Crippen LogP contribution in [0.25, 0.3) is 0 Å². The summed E-state index contributed by atoms with van der Waals surface area (Å²) in [6, 6.07) is 0. The summed E-state index contributed by atoms with van der Waals surface area (Å²) in [6.45, 7) is 5.85. The van der Waals surface area contributed by atoms with Gasteiger partial charge in [0.05, 0.1) is 5.71 Å². The summed E-state index contributed by atoms with van der Waals surface area (Å²) >= 11 is 22.1. The van der Waals surface area contributed by atoms with Crippen LogP contribution in [0.2, 0.25) is 0 Å². The van der Waals surface area contributed by atoms with Gasteiger partial charge in [-0.1, -0.05) is 76.7 Å². The van der Waals surface area contributed by atoms with Crippen LogP contribution in [0, 0.1) is 0 Å². The van der Waals surface area contributed by atoms with E-state index in [0.29, 0.717) is 33.9 Å². The first-order valence-electron chi connectivity index (χ1n) is 7.16. The van der Waals surface area contributed by atoms with Crippen molar-refractivity contribution in [2.24, 2.45) is 10.8 Å². The number of nitrogens with zero attached hydrogens (tertiary/aromatic N) is 2. The molecule has 126 valence electrons. The molecule has 0 atom stereocenters. The lowest BCUT2D eigenvalue weighted by Gasteiger charge is -2.24. The fourth-order valence-corrected chi connectivity index (χ4v) is 2.95. The third-order valence-corrected chi connectivity index (χ3v) is 4.33. The molecule has 2 N–H and O–H groups in total. The van der Waals surface area contributed by atoms with E-state index in [2.05, 4.69) is 20.9 Å². The number of halogens is 4. The van der Waals surface area contributed by atoms with E-state index in [1.165, 1.54) is 5.01 Å². The average Bonchev–Trinajstić information content (AvgIpc) is 2.67. The van der Waals surface area contributed by atoms with Crippen LogP contribution in [0.3, 0.4) is 0 Å². The van der Waals surface area contributed by atoms with E-state index >= 15 is 0 Å². The molecule has 1 aliphatic heterocycles. The van der Waals surface area contributed by atoms with Crippen LogP contribution in [0.15, 0.2) is 60.4 Å². The molecule has 0 aromatic carbocycles. The van der Waals surface area contributed by atoms with E-state index in [4.69, 9.17) is 40.6 Å². The van der Waals surface area contributed by atoms with Crippen LogP contribution in [-0.4, -0.2) is 10.7 Å². The lowest BCUT2D eigenvalue weighted by molar-refractivity contribution is 0.466. The Bertz CT molecular complexity index is 639. The molecule has 0 bridgehead atoms. The molecule has 2 aliphatic rings. The van der Waals surface area contributed by atoms with Gasteiger partial charge >= 0.3 is 0 Å². The second-order valence-corrected chi connectivity index (χ2v) is 6.94. The summed E-state index contributed by atoms with van der Waals surface area (Å²) in [5.41, 5.74) is 1.59. The van der Waals surface area contributed by atoms with Gasteiger partial charge in [-0.2, -0.15) is 0 Å². The first-order chi connectivity index (χ1) is 10.9. The maximum Gasteiger partial charge on any atom is 0.158 e. The molecule has 1 heterocycles. The molecule has 0 spiro atoms. The quantitative estimate of drug-likeness (QED) is 0.407. The normalized spacial score (nSPS) is 20.2. The van der Waals surface area contributed by atoms with Gasteiger partial charge in [-0.3, -0.25) is 5.01 Å². The van der Waals surface area contributed by atoms with Crippen molar-refractivity contribution >= 4 is 56.4 Å². The second-order valence-electron chi connectivity index (χ2n) is 4.50. The molecule has 3 nitrogen and oxygen atoms in total. The van der Waals surface area contributed by atoms with Crippen LogP contribution in [-0.2, 0) is 0 Å². The minimum Gasteiger partial charge on any atom is -0.250 e. The van der Waals surface area contributed by atoms with Gasteiger partial charge in [-0.25, -0.2) is 10.8 Å². The van der Waals surface area contributed by atoms with Crippen molar-refractivity contribution in [3.63, 3.8) is 0 Å². The Kier molecular flexibility index (Phi) is 8.65. The third-order valence-electron chi connectivity index (χ3n) is 2.95. The first-order valence-corrected chi connectivity index (χ1v) is 9.09. The summed E-state index contributed by atoms with van der Waals surface area (Å²) < 4.78 is 0.790. The Morgan fingerprint density at radius 3 is 2.61 bits per heavy atom. The number of hydrazine groups is 1. The molecule has 0 saturated carbocycles. The lowest BCUT2D eigenvalue weighted by Crippen LogP contribution is -2.30. The zero-order valence-corrected chi connectivity index (χ0v) is 17.1. The molecule has 7 heteroatoms. The SMILES string of the molecule is C/C(Br)=C1/N=C(CC2=C(Cl)CC=CC=C2Cl)C=C(Cl)N1N.CC. The number of allylic oxidation sites excluding steroid dienone is 8. The van der Waals surface area contributed by atoms with Gasteiger partial charge < -0.3 is 0 Å². The summed E-state index contributed by atoms with van der Waals surface area (Å²) in [6.07, 6.45) is 8.52. The van der Waals surface area contributed by atoms with Gasteiger partial charge in [0.25, 0.3) is 0 Å². The van der Waals surface area contributed by atoms with Crippen molar-refractivity contribution in [1.29, 1.82) is 0 Å². The van der Waals surface area contributed by atoms with Crippen molar-refractivity contribution in [3.05, 3.63) is 55.4 Å². The van der Waals surface area contributed by atoms with Gasteiger partial charge in [0.15, 0.2) is 5.82 Å². The Morgan fingerprint density at radius 1 is 1.35 bits per heavy atom. The minimum absolute atomic E-state index is 0.386. The predicted octanol–water partition coefficient (Wildman–Crippen LogP) is 6.27. The third kappa shape index (κ3) is 5.50. The number of nitrogens with two attached hydrogens (primary N) is 1. The minimum atomic E-state index is 0.386. The van der Waals surface area contributed by atoms with Crippen LogP contribution < -0.4 is 5.84 Å². The molecule has 0 unspecified atom stereocenters. The van der Waals surface area contributed by atoms with Gasteiger partial charge in [-0.15, -0.1) is 0 Å². The zero-order valence-electron chi connectivity index (χ0n) is 13.2. The molecule has 0 radical (unpaired) electrons. The summed E-state index contributed by atoms with van der Waals surface area (Å²) in [5, 5.41) is 3.01. The van der Waals surface area contributed by atoms with Crippen LogP contribution in [0.5, 0.6) is 0 Å². The van der Waals surface area contributed by atoms with Gasteiger partial charge in [-0.05, 0) is 24.6 Å². The number of aliphatic imine (C=N–C) groups is 1. The van der Waals surface area contributed by atoms with Crippen molar-refractivity contribution in [2.75, 3.05) is 0 Å². The molecular formula is C16H19BrCl3N3. The van der Waals surface area contributed by atoms with Gasteiger partial charge in [0.2, 0.25) is 0 Å². The topological polar surface area (TPSA) is 41.6 Å². The molecule has 0 amide bonds. The van der Waals surface area contributed by atoms with E-state index < -0.39 is 0 Å². The lowest BCUT2D eigenvalue weighted by atomic mass is 10.1. The first kappa shape index (κ1) is 20.5. The van der Waals surface area contributed by atoms with E-state index in [0.717, 1.165) is 15.8 Å². The standard InChI is InChI=1S/C14H13BrCl3N3.C2H6/c1-8(15)14-20-9(7-13(18)21(14)19)6-10-11(16)4-2-3-5-12(10)17;1-2/h2-4,7H,5-6,19H2,1H3;1-2H3/b14-8+;. The predicted molar refractivity (Wildman–Crippen MR) is 106 cm³/mol. The molecule has 23 heavy (non-hydrogen) atoms. The fraction of sp³-hybridized carbons (Fsp3) is 0.312. The average molecular weight is 440 g/mol. The van der Waals surface area contributed by atoms with Crippen LogP contribution in [0.4, 0.5) is 0 Å². The highest BCUT2D eigenvalue weighted by molar-refractivity contribution is 9.11. The van der Waals surface area contributed by atoms with Gasteiger partial charge in [0.1, 0.15) is 5.16 Å². The molecule has 1 aliphatic carbocycles. The highest BCUT2D eigenvalue weighted by Crippen LogP contribution is 2.32. The number of rotatable bonds is 2. The highest BCUT2D eigenvalue weighted by atomic mass is 79.9. The molecular weight excluding hydrogens is 420 g/mol. The number of hydrogen-bond donors (Lipinski definition) is 1. The van der Waals surface area contributed by atoms with E-state index in [1.807, 2.05) is 39.0 Å². The zero-order chi connectivity index (χ0) is 17.6. The van der Waals surface area contributed by atoms with Crippen LogP contribution in [0.1, 0.15) is 33.6 Å². The Labute approximate surface area is 161 Å². The monoisotopic (exact) mass is 437 g/mol. The van der Waals surface area contributed by atoms with E-state index in [9.17, 15) is 0 Å². The van der Waals surface area contributed by atoms with Gasteiger partial charge in [0, 0.05) is 27.4 Å². The molecule has 0 aromatic rings. The van der Waals surface area contributed by atoms with E-state index in [-0.39, 0.29) is 0 Å². The van der Waals surface area contributed by atoms with Crippen molar-refractivity contribution < 1.29 is 0 Å². The maximum absolute atomic E-state index is 6.30. The smallest absolute Gasteiger partial charge is 0.158 e. The van der Waals surface area contributed by atoms with Crippen molar-refractivity contribution in [2.45, 2.75) is 33.6 Å². The second kappa shape index (κ2) is 9.70. The van der Waals surface area contributed by atoms with Crippen LogP contribution >= 0.6 is 50.7 Å². The fourth-order valence-electron chi connectivity index (χ4n) is 1.90. The van der Waals surface area contributed by atoms with Crippen molar-refractivity contribution in [1.82, 2.24) is 5.01 Å². The molecule has 0 fully saturated rings. The summed E-state index contributed by atoms with van der Waals surface area (Å²) in [7, 11) is 0. The maximum atomic E-state index is 6.30. The Hall–Kier alpha value is -0.520. The molecule has 0 aromatic heterocycles. The van der Waals surface area contributed by atoms with Crippen molar-refractivity contribution in [3.8, 4) is 0 Å². The Morgan fingerprint density at radius 2 is 2.00 bits per heavy atom. The number of hydrogen-bond acceptors (Lipinski definition) is 3. The molecule has 2 rings (SSSR count). The Balaban J connectivity index is 0.00000127. The summed E-state index contributed by atoms with van der Waals surface area (Å²) in [5.74, 6) is 6.41. The van der Waals surface area contributed by atoms with E-state index in [1.54, 1.807) is 6.08 Å². The largest absolute Gasteiger partial charge is 0.250 e. The molecule has 0 saturated heterocycles. The highest BCUT2D eigenvalue weighted by Gasteiger charge is 2.20. The summed E-state index contributed by atoms with van der Waals surface area (Å²) in [4.78, 5) is 4.50.